The maximum Gasteiger partial charge on any atom is 0.573 e. The summed E-state index contributed by atoms with van der Waals surface area (Å²) >= 11 is 0. The van der Waals surface area contributed by atoms with Crippen LogP contribution in [-0.2, 0) is 0 Å². The Morgan fingerprint density at radius 2 is 1.95 bits per heavy atom. The first-order valence-corrected chi connectivity index (χ1v) is 6.21. The first kappa shape index (κ1) is 17.1. The summed E-state index contributed by atoms with van der Waals surface area (Å²) < 4.78 is 39.9. The molecule has 0 saturated carbocycles. The van der Waals surface area contributed by atoms with Crippen LogP contribution in [0.5, 0.6) is 5.75 Å². The maximum atomic E-state index is 12.0. The molecule has 0 aliphatic heterocycles. The van der Waals surface area contributed by atoms with E-state index in [1.54, 1.807) is 6.92 Å². The second-order valence-electron chi connectivity index (χ2n) is 4.43. The number of halogens is 3. The normalized spacial score (nSPS) is 12.7. The summed E-state index contributed by atoms with van der Waals surface area (Å²) in [7, 11) is 1.53. The van der Waals surface area contributed by atoms with E-state index in [4.69, 9.17) is 5.11 Å². The lowest BCUT2D eigenvalue weighted by Crippen LogP contribution is -2.39. The first-order valence-electron chi connectivity index (χ1n) is 6.21. The summed E-state index contributed by atoms with van der Waals surface area (Å²) in [6, 6.07) is 4.48. The third-order valence-corrected chi connectivity index (χ3v) is 2.74. The van der Waals surface area contributed by atoms with Crippen molar-refractivity contribution in [2.24, 2.45) is 0 Å². The molecule has 1 atom stereocenters. The van der Waals surface area contributed by atoms with Crippen LogP contribution in [0.3, 0.4) is 0 Å². The number of nitrogens with zero attached hydrogens (tertiary/aromatic N) is 1. The molecule has 21 heavy (non-hydrogen) atoms. The molecule has 0 aromatic heterocycles. The Morgan fingerprint density at radius 3 is 2.43 bits per heavy atom. The van der Waals surface area contributed by atoms with Gasteiger partial charge in [0.05, 0.1) is 12.6 Å². The van der Waals surface area contributed by atoms with Crippen molar-refractivity contribution in [3.63, 3.8) is 0 Å². The molecule has 0 saturated heterocycles. The fourth-order valence-electron chi connectivity index (χ4n) is 1.59. The van der Waals surface area contributed by atoms with Crippen molar-refractivity contribution in [1.29, 1.82) is 0 Å². The molecule has 2 amide bonds. The highest BCUT2D eigenvalue weighted by atomic mass is 19.4. The van der Waals surface area contributed by atoms with Gasteiger partial charge in [-0.05, 0) is 24.6 Å². The van der Waals surface area contributed by atoms with E-state index in [0.717, 1.165) is 0 Å². The predicted molar refractivity (Wildman–Crippen MR) is 69.8 cm³/mol. The number of alkyl halides is 3. The van der Waals surface area contributed by atoms with Gasteiger partial charge in [0.25, 0.3) is 0 Å². The molecule has 118 valence electrons. The lowest BCUT2D eigenvalue weighted by atomic mass is 10.1. The van der Waals surface area contributed by atoms with Crippen molar-refractivity contribution in [3.05, 3.63) is 29.8 Å². The summed E-state index contributed by atoms with van der Waals surface area (Å²) in [5.74, 6) is -0.317. The number of ether oxygens (including phenoxy) is 1. The van der Waals surface area contributed by atoms with Crippen LogP contribution in [0.15, 0.2) is 24.3 Å². The number of amides is 2. The molecule has 1 rings (SSSR count). The Balaban J connectivity index is 2.63. The van der Waals surface area contributed by atoms with Gasteiger partial charge >= 0.3 is 12.4 Å². The van der Waals surface area contributed by atoms with Gasteiger partial charge in [0.2, 0.25) is 0 Å². The highest BCUT2D eigenvalue weighted by molar-refractivity contribution is 5.74. The van der Waals surface area contributed by atoms with Crippen molar-refractivity contribution in [2.45, 2.75) is 19.3 Å². The van der Waals surface area contributed by atoms with Crippen molar-refractivity contribution in [3.8, 4) is 5.75 Å². The minimum Gasteiger partial charge on any atom is -0.406 e. The highest BCUT2D eigenvalue weighted by Gasteiger charge is 2.31. The average molecular weight is 306 g/mol. The van der Waals surface area contributed by atoms with Gasteiger partial charge in [0.1, 0.15) is 5.75 Å². The lowest BCUT2D eigenvalue weighted by molar-refractivity contribution is -0.274. The second-order valence-corrected chi connectivity index (χ2v) is 4.43. The van der Waals surface area contributed by atoms with Crippen LogP contribution < -0.4 is 10.1 Å². The maximum absolute atomic E-state index is 12.0. The summed E-state index contributed by atoms with van der Waals surface area (Å²) in [4.78, 5) is 13.0. The van der Waals surface area contributed by atoms with Crippen LogP contribution in [0, 0.1) is 0 Å². The van der Waals surface area contributed by atoms with E-state index >= 15 is 0 Å². The SMILES string of the molecule is C[C@H](NC(=O)N(C)CCO)c1ccc(OC(F)(F)F)cc1. The number of urea groups is 1. The quantitative estimate of drug-likeness (QED) is 0.877. The zero-order chi connectivity index (χ0) is 16.0. The molecule has 0 bridgehead atoms. The second kappa shape index (κ2) is 7.16. The van der Waals surface area contributed by atoms with Crippen LogP contribution in [-0.4, -0.2) is 42.6 Å². The van der Waals surface area contributed by atoms with Gasteiger partial charge in [-0.3, -0.25) is 0 Å². The highest BCUT2D eigenvalue weighted by Crippen LogP contribution is 2.24. The minimum absolute atomic E-state index is 0.151. The number of nitrogens with one attached hydrogen (secondary N) is 1. The van der Waals surface area contributed by atoms with Crippen molar-refractivity contribution in [1.82, 2.24) is 10.2 Å². The zero-order valence-corrected chi connectivity index (χ0v) is 11.6. The van der Waals surface area contributed by atoms with Crippen LogP contribution in [0.2, 0.25) is 0 Å². The molecule has 0 unspecified atom stereocenters. The van der Waals surface area contributed by atoms with E-state index in [9.17, 15) is 18.0 Å². The van der Waals surface area contributed by atoms with E-state index in [2.05, 4.69) is 10.1 Å². The number of rotatable bonds is 5. The van der Waals surface area contributed by atoms with Gasteiger partial charge in [-0.25, -0.2) is 4.79 Å². The third-order valence-electron chi connectivity index (χ3n) is 2.74. The number of hydrogen-bond acceptors (Lipinski definition) is 3. The van der Waals surface area contributed by atoms with Crippen molar-refractivity contribution in [2.75, 3.05) is 20.2 Å². The van der Waals surface area contributed by atoms with Crippen molar-refractivity contribution < 1.29 is 27.8 Å². The summed E-state index contributed by atoms with van der Waals surface area (Å²) in [5, 5.41) is 11.4. The first-order chi connectivity index (χ1) is 9.73. The Kier molecular flexibility index (Phi) is 5.83. The molecule has 0 radical (unpaired) electrons. The Labute approximate surface area is 120 Å². The molecule has 8 heteroatoms. The molecular weight excluding hydrogens is 289 g/mol. The summed E-state index contributed by atoms with van der Waals surface area (Å²) in [6.45, 7) is 1.74. The zero-order valence-electron chi connectivity index (χ0n) is 11.6. The molecule has 2 N–H and O–H groups in total. The van der Waals surface area contributed by atoms with Crippen LogP contribution in [0.25, 0.3) is 0 Å². The molecule has 1 aromatic carbocycles. The summed E-state index contributed by atoms with van der Waals surface area (Å²) in [6.07, 6.45) is -4.73. The Morgan fingerprint density at radius 1 is 1.38 bits per heavy atom. The summed E-state index contributed by atoms with van der Waals surface area (Å²) in [5.41, 5.74) is 0.635. The van der Waals surface area contributed by atoms with Gasteiger partial charge in [-0.1, -0.05) is 12.1 Å². The predicted octanol–water partition coefficient (Wildman–Crippen LogP) is 2.28. The lowest BCUT2D eigenvalue weighted by Gasteiger charge is -2.21. The molecule has 5 nitrogen and oxygen atoms in total. The fourth-order valence-corrected chi connectivity index (χ4v) is 1.59. The smallest absolute Gasteiger partial charge is 0.406 e. The van der Waals surface area contributed by atoms with Crippen molar-refractivity contribution >= 4 is 6.03 Å². The average Bonchev–Trinajstić information content (AvgIpc) is 2.37. The van der Waals surface area contributed by atoms with E-state index < -0.39 is 12.4 Å². The number of carbonyl (C=O) groups excluding carboxylic acids is 1. The van der Waals surface area contributed by atoms with E-state index in [0.29, 0.717) is 5.56 Å². The van der Waals surface area contributed by atoms with Gasteiger partial charge in [0, 0.05) is 13.6 Å². The topological polar surface area (TPSA) is 61.8 Å². The van der Waals surface area contributed by atoms with E-state index in [1.165, 1.54) is 36.2 Å². The molecule has 0 heterocycles. The van der Waals surface area contributed by atoms with Crippen LogP contribution in [0.4, 0.5) is 18.0 Å². The Hall–Kier alpha value is -1.96. The molecule has 0 aliphatic carbocycles. The Bertz CT molecular complexity index is 463. The molecule has 1 aromatic rings. The fraction of sp³-hybridized carbons (Fsp3) is 0.462. The van der Waals surface area contributed by atoms with Gasteiger partial charge in [0.15, 0.2) is 0 Å². The largest absolute Gasteiger partial charge is 0.573 e. The monoisotopic (exact) mass is 306 g/mol. The molecule has 0 aliphatic rings. The molecular formula is C13H17F3N2O3. The van der Waals surface area contributed by atoms with Gasteiger partial charge in [-0.15, -0.1) is 13.2 Å². The minimum atomic E-state index is -4.73. The number of carbonyl (C=O) groups is 1. The van der Waals surface area contributed by atoms with Crippen LogP contribution >= 0.6 is 0 Å². The van der Waals surface area contributed by atoms with E-state index in [-0.39, 0.29) is 24.9 Å². The van der Waals surface area contributed by atoms with Gasteiger partial charge < -0.3 is 20.1 Å². The molecule has 0 spiro atoms. The number of hydrogen-bond donors (Lipinski definition) is 2. The van der Waals surface area contributed by atoms with Crippen LogP contribution in [0.1, 0.15) is 18.5 Å². The number of aliphatic hydroxyl groups is 1. The number of benzene rings is 1. The van der Waals surface area contributed by atoms with E-state index in [1.807, 2.05) is 0 Å². The van der Waals surface area contributed by atoms with Gasteiger partial charge in [-0.2, -0.15) is 0 Å². The number of aliphatic hydroxyl groups excluding tert-OH is 1. The standard InChI is InChI=1S/C13H17F3N2O3/c1-9(17-12(20)18(2)7-8-19)10-3-5-11(6-4-10)21-13(14,15)16/h3-6,9,19H,7-8H2,1-2H3,(H,17,20)/t9-/m0/s1. The molecule has 0 fully saturated rings. The third kappa shape index (κ3) is 5.90. The number of likely N-dealkylation sites (N-methyl/N-ethyl adjacent to an activating group) is 1.